The molecule has 3 rings (SSSR count). The van der Waals surface area contributed by atoms with E-state index in [4.69, 9.17) is 0 Å². The van der Waals surface area contributed by atoms with Crippen LogP contribution in [-0.2, 0) is 0 Å². The van der Waals surface area contributed by atoms with Gasteiger partial charge in [0.25, 0.3) is 0 Å². The van der Waals surface area contributed by atoms with E-state index in [9.17, 15) is 9.90 Å². The first kappa shape index (κ1) is 10.2. The molecule has 0 aromatic heterocycles. The summed E-state index contributed by atoms with van der Waals surface area (Å²) in [6, 6.07) is 9.71. The van der Waals surface area contributed by atoms with E-state index < -0.39 is 6.09 Å². The van der Waals surface area contributed by atoms with Crippen LogP contribution in [0.15, 0.2) is 42.1 Å². The second kappa shape index (κ2) is 3.80. The standard InChI is InChI=1S/C13H14N2O2/c16-13(17)15-8-10-6-14-7-11(10)12(15)9-4-2-1-3-5-9/h1-5,7,10,12,14H,6,8H2,(H,16,17). The van der Waals surface area contributed by atoms with Gasteiger partial charge >= 0.3 is 6.09 Å². The lowest BCUT2D eigenvalue weighted by Gasteiger charge is -2.22. The Morgan fingerprint density at radius 3 is 2.82 bits per heavy atom. The molecular weight excluding hydrogens is 216 g/mol. The number of hydrogen-bond acceptors (Lipinski definition) is 2. The highest BCUT2D eigenvalue weighted by molar-refractivity contribution is 5.68. The molecule has 0 spiro atoms. The van der Waals surface area contributed by atoms with E-state index in [0.717, 1.165) is 12.1 Å². The molecule has 17 heavy (non-hydrogen) atoms. The average molecular weight is 230 g/mol. The summed E-state index contributed by atoms with van der Waals surface area (Å²) in [7, 11) is 0. The van der Waals surface area contributed by atoms with E-state index in [1.165, 1.54) is 10.5 Å². The molecule has 4 nitrogen and oxygen atoms in total. The molecule has 2 unspecified atom stereocenters. The first-order chi connectivity index (χ1) is 8.27. The van der Waals surface area contributed by atoms with E-state index in [2.05, 4.69) is 5.32 Å². The van der Waals surface area contributed by atoms with Crippen LogP contribution in [0.1, 0.15) is 11.6 Å². The van der Waals surface area contributed by atoms with E-state index in [-0.39, 0.29) is 6.04 Å². The maximum atomic E-state index is 11.3. The summed E-state index contributed by atoms with van der Waals surface area (Å²) in [5.74, 6) is 0.330. The highest BCUT2D eigenvalue weighted by Gasteiger charge is 2.42. The Balaban J connectivity index is 2.01. The van der Waals surface area contributed by atoms with Crippen molar-refractivity contribution in [2.24, 2.45) is 5.92 Å². The average Bonchev–Trinajstić information content (AvgIpc) is 2.89. The fourth-order valence-electron chi connectivity index (χ4n) is 2.75. The van der Waals surface area contributed by atoms with Gasteiger partial charge in [0, 0.05) is 19.0 Å². The molecule has 2 aliphatic rings. The minimum Gasteiger partial charge on any atom is -0.465 e. The molecular formula is C13H14N2O2. The molecule has 2 N–H and O–H groups in total. The van der Waals surface area contributed by atoms with Crippen molar-refractivity contribution in [3.05, 3.63) is 47.7 Å². The van der Waals surface area contributed by atoms with Gasteiger partial charge in [0.1, 0.15) is 0 Å². The fourth-order valence-corrected chi connectivity index (χ4v) is 2.75. The highest BCUT2D eigenvalue weighted by atomic mass is 16.4. The van der Waals surface area contributed by atoms with E-state index in [1.807, 2.05) is 36.5 Å². The van der Waals surface area contributed by atoms with Gasteiger partial charge in [-0.05, 0) is 17.3 Å². The van der Waals surface area contributed by atoms with Crippen LogP contribution in [0.2, 0.25) is 0 Å². The predicted octanol–water partition coefficient (Wildman–Crippen LogP) is 1.82. The molecule has 2 aliphatic heterocycles. The van der Waals surface area contributed by atoms with Gasteiger partial charge in [-0.3, -0.25) is 4.90 Å². The number of likely N-dealkylation sites (tertiary alicyclic amines) is 1. The Labute approximate surface area is 99.6 Å². The minimum absolute atomic E-state index is 0.117. The number of carboxylic acid groups (broad SMARTS) is 1. The van der Waals surface area contributed by atoms with Gasteiger partial charge in [0.15, 0.2) is 0 Å². The number of rotatable bonds is 1. The molecule has 1 saturated heterocycles. The molecule has 2 atom stereocenters. The van der Waals surface area contributed by atoms with Gasteiger partial charge in [-0.2, -0.15) is 0 Å². The largest absolute Gasteiger partial charge is 0.465 e. The summed E-state index contributed by atoms with van der Waals surface area (Å²) in [5.41, 5.74) is 2.24. The molecule has 1 amide bonds. The zero-order chi connectivity index (χ0) is 11.8. The first-order valence-corrected chi connectivity index (χ1v) is 5.75. The van der Waals surface area contributed by atoms with Crippen molar-refractivity contribution in [2.75, 3.05) is 13.1 Å². The first-order valence-electron chi connectivity index (χ1n) is 5.75. The molecule has 0 bridgehead atoms. The van der Waals surface area contributed by atoms with Crippen LogP contribution in [0.4, 0.5) is 4.79 Å². The van der Waals surface area contributed by atoms with Crippen LogP contribution in [0, 0.1) is 5.92 Å². The fraction of sp³-hybridized carbons (Fsp3) is 0.308. The summed E-state index contributed by atoms with van der Waals surface area (Å²) in [5, 5.41) is 12.5. The van der Waals surface area contributed by atoms with Gasteiger partial charge in [0.05, 0.1) is 6.04 Å². The monoisotopic (exact) mass is 230 g/mol. The van der Waals surface area contributed by atoms with Crippen molar-refractivity contribution in [1.82, 2.24) is 10.2 Å². The van der Waals surface area contributed by atoms with E-state index >= 15 is 0 Å². The van der Waals surface area contributed by atoms with Crippen molar-refractivity contribution < 1.29 is 9.90 Å². The Morgan fingerprint density at radius 2 is 2.12 bits per heavy atom. The molecule has 4 heteroatoms. The number of hydrogen-bond donors (Lipinski definition) is 2. The van der Waals surface area contributed by atoms with Crippen LogP contribution in [0.5, 0.6) is 0 Å². The SMILES string of the molecule is O=C(O)N1CC2CNC=C2C1c1ccccc1. The van der Waals surface area contributed by atoms with Crippen LogP contribution in [0.25, 0.3) is 0 Å². The van der Waals surface area contributed by atoms with E-state index in [0.29, 0.717) is 12.5 Å². The van der Waals surface area contributed by atoms with Gasteiger partial charge in [-0.25, -0.2) is 4.79 Å². The summed E-state index contributed by atoms with van der Waals surface area (Å²) in [4.78, 5) is 12.8. The molecule has 88 valence electrons. The van der Waals surface area contributed by atoms with Gasteiger partial charge in [0.2, 0.25) is 0 Å². The summed E-state index contributed by atoms with van der Waals surface area (Å²) in [6.45, 7) is 1.44. The molecule has 2 heterocycles. The number of benzene rings is 1. The highest BCUT2D eigenvalue weighted by Crippen LogP contribution is 2.41. The second-order valence-corrected chi connectivity index (χ2v) is 4.50. The number of carbonyl (C=O) groups is 1. The molecule has 1 aromatic carbocycles. The smallest absolute Gasteiger partial charge is 0.408 e. The van der Waals surface area contributed by atoms with Crippen molar-refractivity contribution in [3.63, 3.8) is 0 Å². The number of nitrogens with one attached hydrogen (secondary N) is 1. The second-order valence-electron chi connectivity index (χ2n) is 4.50. The maximum absolute atomic E-state index is 11.3. The quantitative estimate of drug-likeness (QED) is 0.773. The number of nitrogens with zero attached hydrogens (tertiary/aromatic N) is 1. The lowest BCUT2D eigenvalue weighted by molar-refractivity contribution is 0.141. The third-order valence-corrected chi connectivity index (χ3v) is 3.51. The number of amides is 1. The van der Waals surface area contributed by atoms with Crippen LogP contribution in [0.3, 0.4) is 0 Å². The lowest BCUT2D eigenvalue weighted by Crippen LogP contribution is -2.31. The zero-order valence-corrected chi connectivity index (χ0v) is 9.34. The number of fused-ring (bicyclic) bond motifs is 1. The van der Waals surface area contributed by atoms with Crippen LogP contribution >= 0.6 is 0 Å². The summed E-state index contributed by atoms with van der Waals surface area (Å²) < 4.78 is 0. The normalized spacial score (nSPS) is 26.4. The van der Waals surface area contributed by atoms with Crippen molar-refractivity contribution in [2.45, 2.75) is 6.04 Å². The Morgan fingerprint density at radius 1 is 1.35 bits per heavy atom. The molecule has 0 radical (unpaired) electrons. The topological polar surface area (TPSA) is 52.6 Å². The minimum atomic E-state index is -0.839. The molecule has 0 saturated carbocycles. The Kier molecular flexibility index (Phi) is 2.28. The van der Waals surface area contributed by atoms with Gasteiger partial charge in [-0.1, -0.05) is 30.3 Å². The van der Waals surface area contributed by atoms with Crippen LogP contribution in [-0.4, -0.2) is 29.2 Å². The van der Waals surface area contributed by atoms with Crippen LogP contribution < -0.4 is 5.32 Å². The predicted molar refractivity (Wildman–Crippen MR) is 63.5 cm³/mol. The molecule has 1 fully saturated rings. The van der Waals surface area contributed by atoms with E-state index in [1.54, 1.807) is 0 Å². The van der Waals surface area contributed by atoms with Gasteiger partial charge in [-0.15, -0.1) is 0 Å². The Bertz CT molecular complexity index is 470. The van der Waals surface area contributed by atoms with Crippen molar-refractivity contribution in [3.8, 4) is 0 Å². The Hall–Kier alpha value is -1.97. The zero-order valence-electron chi connectivity index (χ0n) is 9.34. The van der Waals surface area contributed by atoms with Crippen molar-refractivity contribution in [1.29, 1.82) is 0 Å². The third kappa shape index (κ3) is 1.56. The third-order valence-electron chi connectivity index (χ3n) is 3.51. The summed E-state index contributed by atoms with van der Waals surface area (Å²) >= 11 is 0. The molecule has 0 aliphatic carbocycles. The molecule has 1 aromatic rings. The van der Waals surface area contributed by atoms with Gasteiger partial charge < -0.3 is 10.4 Å². The van der Waals surface area contributed by atoms with Crippen molar-refractivity contribution >= 4 is 6.09 Å². The lowest BCUT2D eigenvalue weighted by atomic mass is 9.96. The summed E-state index contributed by atoms with van der Waals surface area (Å²) in [6.07, 6.45) is 1.14. The maximum Gasteiger partial charge on any atom is 0.408 e.